The van der Waals surface area contributed by atoms with E-state index in [1.54, 1.807) is 0 Å². The third-order valence-corrected chi connectivity index (χ3v) is 4.82. The second-order valence-corrected chi connectivity index (χ2v) is 5.81. The second-order valence-electron chi connectivity index (χ2n) is 5.81. The number of nitrogens with zero attached hydrogens (tertiary/aromatic N) is 2. The number of aldehydes is 1. The Morgan fingerprint density at radius 3 is 2.84 bits per heavy atom. The maximum absolute atomic E-state index is 10.9. The SMILES string of the molecule is O=CC1=C2C=CN([C@H]3CN4CCC3CC4)C=C2OC1. The number of rotatable bonds is 2. The highest BCUT2D eigenvalue weighted by Gasteiger charge is 2.37. The molecule has 0 unspecified atom stereocenters. The first-order chi connectivity index (χ1) is 9.35. The van der Waals surface area contributed by atoms with Crippen LogP contribution in [0, 0.1) is 5.92 Å². The molecule has 0 aromatic heterocycles. The van der Waals surface area contributed by atoms with Crippen LogP contribution in [-0.2, 0) is 9.53 Å². The molecule has 100 valence electrons. The highest BCUT2D eigenvalue weighted by molar-refractivity contribution is 5.79. The molecular formula is C15H18N2O2. The topological polar surface area (TPSA) is 32.8 Å². The number of carbonyl (C=O) groups is 1. The molecule has 4 heteroatoms. The molecule has 0 radical (unpaired) electrons. The van der Waals surface area contributed by atoms with E-state index in [0.717, 1.165) is 35.7 Å². The number of fused-ring (bicyclic) bond motifs is 4. The Balaban J connectivity index is 1.59. The van der Waals surface area contributed by atoms with Crippen LogP contribution in [0.2, 0.25) is 0 Å². The van der Waals surface area contributed by atoms with Gasteiger partial charge in [0.25, 0.3) is 0 Å². The average Bonchev–Trinajstić information content (AvgIpc) is 2.90. The van der Waals surface area contributed by atoms with Gasteiger partial charge in [0.15, 0.2) is 0 Å². The summed E-state index contributed by atoms with van der Waals surface area (Å²) in [4.78, 5) is 15.8. The fourth-order valence-electron chi connectivity index (χ4n) is 3.68. The van der Waals surface area contributed by atoms with Crippen LogP contribution in [0.25, 0.3) is 0 Å². The zero-order chi connectivity index (χ0) is 12.8. The van der Waals surface area contributed by atoms with E-state index in [0.29, 0.717) is 12.6 Å². The molecule has 3 fully saturated rings. The summed E-state index contributed by atoms with van der Waals surface area (Å²) in [7, 11) is 0. The van der Waals surface area contributed by atoms with Crippen LogP contribution in [0.1, 0.15) is 12.8 Å². The maximum atomic E-state index is 10.9. The molecule has 4 nitrogen and oxygen atoms in total. The highest BCUT2D eigenvalue weighted by atomic mass is 16.5. The molecule has 0 saturated carbocycles. The smallest absolute Gasteiger partial charge is 0.150 e. The second kappa shape index (κ2) is 4.23. The summed E-state index contributed by atoms with van der Waals surface area (Å²) >= 11 is 0. The standard InChI is InChI=1S/C15H18N2O2/c18-9-12-10-19-15-8-17(6-3-13(12)15)14-7-16-4-1-11(14)2-5-16/h3,6,8-9,11,14H,1-2,4-5,7,10H2/t14-/m0/s1. The molecule has 5 aliphatic heterocycles. The Bertz CT molecular complexity index is 498. The number of allylic oxidation sites excluding steroid dienone is 1. The van der Waals surface area contributed by atoms with Gasteiger partial charge in [-0.15, -0.1) is 0 Å². The molecule has 0 aromatic rings. The fourth-order valence-corrected chi connectivity index (χ4v) is 3.68. The van der Waals surface area contributed by atoms with Gasteiger partial charge in [0.2, 0.25) is 0 Å². The number of hydrogen-bond acceptors (Lipinski definition) is 4. The third-order valence-electron chi connectivity index (χ3n) is 4.82. The van der Waals surface area contributed by atoms with Crippen molar-refractivity contribution in [3.05, 3.63) is 35.4 Å². The van der Waals surface area contributed by atoms with Gasteiger partial charge in [-0.2, -0.15) is 0 Å². The van der Waals surface area contributed by atoms with Crippen LogP contribution in [0.5, 0.6) is 0 Å². The molecule has 0 spiro atoms. The molecule has 0 N–H and O–H groups in total. The largest absolute Gasteiger partial charge is 0.487 e. The monoisotopic (exact) mass is 258 g/mol. The molecule has 1 atom stereocenters. The van der Waals surface area contributed by atoms with Crippen LogP contribution in [-0.4, -0.2) is 48.4 Å². The molecule has 0 aliphatic carbocycles. The lowest BCUT2D eigenvalue weighted by Crippen LogP contribution is -2.55. The van der Waals surface area contributed by atoms with Crippen molar-refractivity contribution in [2.75, 3.05) is 26.2 Å². The van der Waals surface area contributed by atoms with Crippen molar-refractivity contribution < 1.29 is 9.53 Å². The molecule has 0 amide bonds. The highest BCUT2D eigenvalue weighted by Crippen LogP contribution is 2.35. The lowest BCUT2D eigenvalue weighted by molar-refractivity contribution is -0.105. The summed E-state index contributed by atoms with van der Waals surface area (Å²) in [6.45, 7) is 4.08. The zero-order valence-electron chi connectivity index (χ0n) is 10.9. The summed E-state index contributed by atoms with van der Waals surface area (Å²) in [6, 6.07) is 0.566. The van der Waals surface area contributed by atoms with Crippen molar-refractivity contribution in [1.82, 2.24) is 9.80 Å². The van der Waals surface area contributed by atoms with Crippen molar-refractivity contribution in [2.45, 2.75) is 18.9 Å². The summed E-state index contributed by atoms with van der Waals surface area (Å²) in [5.74, 6) is 1.66. The number of ether oxygens (including phenoxy) is 1. The Morgan fingerprint density at radius 2 is 2.16 bits per heavy atom. The lowest BCUT2D eigenvalue weighted by Gasteiger charge is -2.48. The molecule has 0 aromatic carbocycles. The first-order valence-corrected chi connectivity index (χ1v) is 7.06. The van der Waals surface area contributed by atoms with Gasteiger partial charge in [-0.3, -0.25) is 4.79 Å². The molecule has 5 rings (SSSR count). The minimum absolute atomic E-state index is 0.420. The molecule has 5 heterocycles. The summed E-state index contributed by atoms with van der Waals surface area (Å²) in [5.41, 5.74) is 1.73. The Hall–Kier alpha value is -1.55. The zero-order valence-corrected chi connectivity index (χ0v) is 10.9. The van der Waals surface area contributed by atoms with Gasteiger partial charge in [0.1, 0.15) is 18.7 Å². The van der Waals surface area contributed by atoms with Crippen LogP contribution in [0.15, 0.2) is 35.4 Å². The minimum Gasteiger partial charge on any atom is -0.487 e. The average molecular weight is 258 g/mol. The quantitative estimate of drug-likeness (QED) is 0.699. The summed E-state index contributed by atoms with van der Waals surface area (Å²) in [5, 5.41) is 0. The van der Waals surface area contributed by atoms with E-state index < -0.39 is 0 Å². The van der Waals surface area contributed by atoms with E-state index in [4.69, 9.17) is 4.74 Å². The van der Waals surface area contributed by atoms with Gasteiger partial charge in [-0.1, -0.05) is 0 Å². The van der Waals surface area contributed by atoms with E-state index in [-0.39, 0.29) is 0 Å². The van der Waals surface area contributed by atoms with Crippen LogP contribution >= 0.6 is 0 Å². The Kier molecular flexibility index (Phi) is 2.52. The summed E-state index contributed by atoms with van der Waals surface area (Å²) in [6.07, 6.45) is 9.75. The van der Waals surface area contributed by atoms with Crippen molar-refractivity contribution >= 4 is 6.29 Å². The number of piperidine rings is 3. The van der Waals surface area contributed by atoms with Crippen LogP contribution in [0.4, 0.5) is 0 Å². The van der Waals surface area contributed by atoms with E-state index in [1.807, 2.05) is 6.08 Å². The van der Waals surface area contributed by atoms with Gasteiger partial charge < -0.3 is 14.5 Å². The summed E-state index contributed by atoms with van der Waals surface area (Å²) < 4.78 is 5.61. The first kappa shape index (κ1) is 11.3. The number of hydrogen-bond donors (Lipinski definition) is 0. The van der Waals surface area contributed by atoms with Gasteiger partial charge in [0, 0.05) is 36.1 Å². The van der Waals surface area contributed by atoms with Gasteiger partial charge in [-0.25, -0.2) is 0 Å². The normalized spacial score (nSPS) is 36.1. The predicted octanol–water partition coefficient (Wildman–Crippen LogP) is 1.28. The molecule has 19 heavy (non-hydrogen) atoms. The maximum Gasteiger partial charge on any atom is 0.150 e. The van der Waals surface area contributed by atoms with E-state index in [1.165, 1.54) is 25.9 Å². The Labute approximate surface area is 113 Å². The predicted molar refractivity (Wildman–Crippen MR) is 71.1 cm³/mol. The van der Waals surface area contributed by atoms with E-state index in [9.17, 15) is 4.79 Å². The minimum atomic E-state index is 0.420. The van der Waals surface area contributed by atoms with Crippen molar-refractivity contribution in [3.8, 4) is 0 Å². The van der Waals surface area contributed by atoms with Crippen molar-refractivity contribution in [1.29, 1.82) is 0 Å². The molecule has 3 saturated heterocycles. The lowest BCUT2D eigenvalue weighted by atomic mass is 9.83. The third kappa shape index (κ3) is 1.74. The number of carbonyl (C=O) groups excluding carboxylic acids is 1. The van der Waals surface area contributed by atoms with Crippen molar-refractivity contribution in [3.63, 3.8) is 0 Å². The van der Waals surface area contributed by atoms with Gasteiger partial charge in [0.05, 0.1) is 0 Å². The van der Waals surface area contributed by atoms with E-state index in [2.05, 4.69) is 22.2 Å². The van der Waals surface area contributed by atoms with Gasteiger partial charge >= 0.3 is 0 Å². The van der Waals surface area contributed by atoms with Gasteiger partial charge in [-0.05, 0) is 37.9 Å². The van der Waals surface area contributed by atoms with E-state index >= 15 is 0 Å². The van der Waals surface area contributed by atoms with Crippen molar-refractivity contribution in [2.24, 2.45) is 5.92 Å². The molecular weight excluding hydrogens is 240 g/mol. The Morgan fingerprint density at radius 1 is 1.32 bits per heavy atom. The van der Waals surface area contributed by atoms with Crippen LogP contribution < -0.4 is 0 Å². The van der Waals surface area contributed by atoms with Crippen LogP contribution in [0.3, 0.4) is 0 Å². The molecule has 5 aliphatic rings. The fraction of sp³-hybridized carbons (Fsp3) is 0.533. The first-order valence-electron chi connectivity index (χ1n) is 7.06. The molecule has 2 bridgehead atoms.